The fourth-order valence-corrected chi connectivity index (χ4v) is 5.79. The largest absolute Gasteiger partial charge is 0.477 e. The van der Waals surface area contributed by atoms with Crippen LogP contribution in [0.4, 0.5) is 0 Å². The summed E-state index contributed by atoms with van der Waals surface area (Å²) < 4.78 is 5.33. The Hall–Kier alpha value is -3.36. The van der Waals surface area contributed by atoms with E-state index in [1.807, 2.05) is 0 Å². The topological polar surface area (TPSA) is 172 Å². The van der Waals surface area contributed by atoms with Crippen molar-refractivity contribution in [3.63, 3.8) is 0 Å². The molecule has 2 aliphatic heterocycles. The van der Waals surface area contributed by atoms with Crippen molar-refractivity contribution in [3.05, 3.63) is 53.1 Å². The highest BCUT2D eigenvalue weighted by Crippen LogP contribution is 2.41. The quantitative estimate of drug-likeness (QED) is 0.324. The number of nitrogens with zero attached hydrogens (tertiary/aromatic N) is 4. The van der Waals surface area contributed by atoms with E-state index in [-0.39, 0.29) is 22.6 Å². The van der Waals surface area contributed by atoms with Crippen LogP contribution in [0.15, 0.2) is 51.2 Å². The minimum absolute atomic E-state index is 0.106. The molecule has 0 bridgehead atoms. The molecule has 4 rings (SSSR count). The van der Waals surface area contributed by atoms with Gasteiger partial charge in [0.15, 0.2) is 0 Å². The molecule has 0 saturated carbocycles. The minimum Gasteiger partial charge on any atom is -0.477 e. The van der Waals surface area contributed by atoms with E-state index in [9.17, 15) is 24.3 Å². The number of carbonyl (C=O) groups excluding carboxylic acids is 3. The summed E-state index contributed by atoms with van der Waals surface area (Å²) in [6.07, 6.45) is 0. The van der Waals surface area contributed by atoms with E-state index in [0.29, 0.717) is 16.9 Å². The number of fused-ring (bicyclic) bond motifs is 1. The standard InChI is InChI=1S/C21H22N6O6S2/c1-26(2)18(30)16-24-25-21(33-16)35-9-11-8-34-19-13(17(29)27(19)14(11)20(31)32)23-15(28)12(22)10-6-4-3-5-7-10/h3-7,12-13,19H,8-9,22H2,1-2H3,(H,23,28)(H,31,32)/t12?,13?,19-/m0/s1. The number of benzene rings is 1. The van der Waals surface area contributed by atoms with Gasteiger partial charge in [0.2, 0.25) is 5.91 Å². The van der Waals surface area contributed by atoms with Crippen LogP contribution in [0.25, 0.3) is 0 Å². The molecule has 1 fully saturated rings. The van der Waals surface area contributed by atoms with Gasteiger partial charge in [-0.15, -0.1) is 22.0 Å². The number of hydrogen-bond donors (Lipinski definition) is 3. The van der Waals surface area contributed by atoms with Crippen LogP contribution in [0.1, 0.15) is 22.3 Å². The molecule has 4 N–H and O–H groups in total. The molecule has 1 saturated heterocycles. The Balaban J connectivity index is 1.43. The van der Waals surface area contributed by atoms with Crippen LogP contribution in [0.3, 0.4) is 0 Å². The Morgan fingerprint density at radius 2 is 2.03 bits per heavy atom. The van der Waals surface area contributed by atoms with Gasteiger partial charge in [0.25, 0.3) is 11.1 Å². The van der Waals surface area contributed by atoms with Gasteiger partial charge in [-0.1, -0.05) is 42.1 Å². The zero-order chi connectivity index (χ0) is 25.3. The minimum atomic E-state index is -1.25. The van der Waals surface area contributed by atoms with E-state index in [1.165, 1.54) is 21.6 Å². The van der Waals surface area contributed by atoms with Crippen LogP contribution in [0.5, 0.6) is 0 Å². The fourth-order valence-electron chi connectivity index (χ4n) is 3.54. The first-order valence-electron chi connectivity index (χ1n) is 10.4. The first-order chi connectivity index (χ1) is 16.7. The van der Waals surface area contributed by atoms with E-state index in [2.05, 4.69) is 15.5 Å². The zero-order valence-electron chi connectivity index (χ0n) is 18.7. The summed E-state index contributed by atoms with van der Waals surface area (Å²) in [5.41, 5.74) is 6.97. The van der Waals surface area contributed by atoms with Crippen LogP contribution in [0.2, 0.25) is 0 Å². The number of aliphatic carboxylic acids is 1. The summed E-state index contributed by atoms with van der Waals surface area (Å²) in [6, 6.07) is 6.92. The second kappa shape index (κ2) is 10.1. The lowest BCUT2D eigenvalue weighted by molar-refractivity contribution is -0.150. The monoisotopic (exact) mass is 518 g/mol. The Labute approximate surface area is 208 Å². The number of thioether (sulfide) groups is 2. The molecule has 12 nitrogen and oxygen atoms in total. The predicted molar refractivity (Wildman–Crippen MR) is 126 cm³/mol. The van der Waals surface area contributed by atoms with Crippen molar-refractivity contribution in [1.29, 1.82) is 0 Å². The Kier molecular flexibility index (Phi) is 7.14. The number of rotatable bonds is 8. The number of β-lactam (4-membered cyclic amide) rings is 1. The molecule has 3 heterocycles. The van der Waals surface area contributed by atoms with Crippen molar-refractivity contribution < 1.29 is 28.7 Å². The van der Waals surface area contributed by atoms with Crippen LogP contribution in [-0.4, -0.2) is 85.8 Å². The van der Waals surface area contributed by atoms with Gasteiger partial charge in [-0.25, -0.2) is 4.79 Å². The number of nitrogens with two attached hydrogens (primary N) is 1. The van der Waals surface area contributed by atoms with Crippen LogP contribution >= 0.6 is 23.5 Å². The third-order valence-corrected chi connectivity index (χ3v) is 7.60. The van der Waals surface area contributed by atoms with E-state index in [1.54, 1.807) is 44.4 Å². The maximum atomic E-state index is 12.8. The Morgan fingerprint density at radius 1 is 1.31 bits per heavy atom. The van der Waals surface area contributed by atoms with Gasteiger partial charge in [-0.05, 0) is 11.1 Å². The lowest BCUT2D eigenvalue weighted by Crippen LogP contribution is -2.71. The predicted octanol–water partition coefficient (Wildman–Crippen LogP) is 0.302. The maximum Gasteiger partial charge on any atom is 0.352 e. The third-order valence-electron chi connectivity index (χ3n) is 5.35. The molecular weight excluding hydrogens is 496 g/mol. The molecule has 0 radical (unpaired) electrons. The molecule has 2 aromatic rings. The van der Waals surface area contributed by atoms with Crippen molar-refractivity contribution in [1.82, 2.24) is 25.3 Å². The molecule has 1 aromatic carbocycles. The van der Waals surface area contributed by atoms with Crippen molar-refractivity contribution in [2.24, 2.45) is 5.73 Å². The molecule has 2 unspecified atom stereocenters. The van der Waals surface area contributed by atoms with Crippen molar-refractivity contribution in [3.8, 4) is 0 Å². The maximum absolute atomic E-state index is 12.8. The van der Waals surface area contributed by atoms with Gasteiger partial charge in [-0.2, -0.15) is 0 Å². The molecule has 1 aromatic heterocycles. The molecule has 184 valence electrons. The summed E-state index contributed by atoms with van der Waals surface area (Å²) in [5.74, 6) is -2.43. The molecule has 3 atom stereocenters. The number of aromatic nitrogens is 2. The summed E-state index contributed by atoms with van der Waals surface area (Å²) in [7, 11) is 3.10. The second-order valence-corrected chi connectivity index (χ2v) is 9.93. The molecule has 3 amide bonds. The van der Waals surface area contributed by atoms with Gasteiger partial charge in [0.05, 0.1) is 0 Å². The highest BCUT2D eigenvalue weighted by molar-refractivity contribution is 8.01. The van der Waals surface area contributed by atoms with Crippen molar-refractivity contribution >= 4 is 47.2 Å². The first kappa shape index (κ1) is 24.8. The Bertz CT molecular complexity index is 1200. The van der Waals surface area contributed by atoms with Crippen molar-refractivity contribution in [2.75, 3.05) is 25.6 Å². The second-order valence-electron chi connectivity index (χ2n) is 7.90. The number of carbonyl (C=O) groups is 4. The lowest BCUT2D eigenvalue weighted by atomic mass is 10.0. The zero-order valence-corrected chi connectivity index (χ0v) is 20.3. The lowest BCUT2D eigenvalue weighted by Gasteiger charge is -2.49. The van der Waals surface area contributed by atoms with Crippen LogP contribution < -0.4 is 11.1 Å². The number of carboxylic acids is 1. The normalized spacial score (nSPS) is 20.1. The summed E-state index contributed by atoms with van der Waals surface area (Å²) in [4.78, 5) is 51.8. The molecular formula is C21H22N6O6S2. The van der Waals surface area contributed by atoms with Crippen molar-refractivity contribution in [2.45, 2.75) is 22.7 Å². The number of carboxylic acid groups (broad SMARTS) is 1. The summed E-state index contributed by atoms with van der Waals surface area (Å²) in [6.45, 7) is 0. The molecule has 0 aliphatic carbocycles. The number of hydrogen-bond acceptors (Lipinski definition) is 10. The Morgan fingerprint density at radius 3 is 2.69 bits per heavy atom. The van der Waals surface area contributed by atoms with Crippen LogP contribution in [0, 0.1) is 0 Å². The number of nitrogens with one attached hydrogen (secondary N) is 1. The van der Waals surface area contributed by atoms with Gasteiger partial charge in [-0.3, -0.25) is 19.3 Å². The highest BCUT2D eigenvalue weighted by Gasteiger charge is 2.54. The average Bonchev–Trinajstić information content (AvgIpc) is 3.33. The highest BCUT2D eigenvalue weighted by atomic mass is 32.2. The molecule has 14 heteroatoms. The molecule has 2 aliphatic rings. The van der Waals surface area contributed by atoms with E-state index in [0.717, 1.165) is 11.8 Å². The smallest absolute Gasteiger partial charge is 0.352 e. The molecule has 35 heavy (non-hydrogen) atoms. The average molecular weight is 519 g/mol. The van der Waals surface area contributed by atoms with Crippen LogP contribution in [-0.2, 0) is 14.4 Å². The van der Waals surface area contributed by atoms with Gasteiger partial charge in [0, 0.05) is 25.6 Å². The molecule has 0 spiro atoms. The first-order valence-corrected chi connectivity index (χ1v) is 12.4. The van der Waals surface area contributed by atoms with Gasteiger partial charge < -0.3 is 25.5 Å². The van der Waals surface area contributed by atoms with Gasteiger partial charge >= 0.3 is 17.8 Å². The third kappa shape index (κ3) is 4.90. The van der Waals surface area contributed by atoms with E-state index >= 15 is 0 Å². The number of amides is 3. The van der Waals surface area contributed by atoms with Gasteiger partial charge in [0.1, 0.15) is 23.2 Å². The fraction of sp³-hybridized carbons (Fsp3) is 0.333. The summed E-state index contributed by atoms with van der Waals surface area (Å²) in [5, 5.41) is 19.5. The van der Waals surface area contributed by atoms with E-state index < -0.39 is 41.1 Å². The van der Waals surface area contributed by atoms with E-state index in [4.69, 9.17) is 10.2 Å². The summed E-state index contributed by atoms with van der Waals surface area (Å²) >= 11 is 2.41. The SMILES string of the molecule is CN(C)C(=O)c1nnc(SCC2=C(C(=O)O)N3C(=O)C(NC(=O)C(N)c4ccccc4)[C@@H]3SC2)o1.